The molecule has 1 saturated heterocycles. The fourth-order valence-corrected chi connectivity index (χ4v) is 3.84. The summed E-state index contributed by atoms with van der Waals surface area (Å²) in [6.07, 6.45) is 3.23. The summed E-state index contributed by atoms with van der Waals surface area (Å²) in [6.45, 7) is 1.39. The molecule has 1 aromatic carbocycles. The molecule has 5 rings (SSSR count). The van der Waals surface area contributed by atoms with Crippen molar-refractivity contribution >= 4 is 11.4 Å². The van der Waals surface area contributed by atoms with Crippen LogP contribution < -0.4 is 4.74 Å². The summed E-state index contributed by atoms with van der Waals surface area (Å²) in [5, 5.41) is 12.8. The molecule has 0 N–H and O–H groups in total. The van der Waals surface area contributed by atoms with Gasteiger partial charge in [-0.2, -0.15) is 5.10 Å². The molecule has 1 aliphatic rings. The van der Waals surface area contributed by atoms with Gasteiger partial charge in [0.2, 0.25) is 0 Å². The Morgan fingerprint density at radius 3 is 2.68 bits per heavy atom. The molecule has 1 aliphatic heterocycles. The number of rotatable bonds is 4. The summed E-state index contributed by atoms with van der Waals surface area (Å²) in [7, 11) is 3.41. The van der Waals surface area contributed by atoms with Crippen LogP contribution in [0.4, 0.5) is 0 Å². The second-order valence-electron chi connectivity index (χ2n) is 7.40. The molecule has 1 atom stereocenters. The average molecular weight is 418 g/mol. The van der Waals surface area contributed by atoms with Crippen LogP contribution >= 0.6 is 0 Å². The van der Waals surface area contributed by atoms with Gasteiger partial charge in [0.05, 0.1) is 25.8 Å². The lowest BCUT2D eigenvalue weighted by Gasteiger charge is -2.32. The first-order valence-corrected chi connectivity index (χ1v) is 10.0. The Morgan fingerprint density at radius 1 is 1.13 bits per heavy atom. The van der Waals surface area contributed by atoms with Gasteiger partial charge in [-0.05, 0) is 29.8 Å². The van der Waals surface area contributed by atoms with Crippen molar-refractivity contribution in [2.75, 3.05) is 26.8 Å². The lowest BCUT2D eigenvalue weighted by atomic mass is 10.1. The van der Waals surface area contributed by atoms with Crippen LogP contribution in [0, 0.1) is 0 Å². The smallest absolute Gasteiger partial charge is 0.272 e. The minimum atomic E-state index is -0.338. The van der Waals surface area contributed by atoms with Crippen LogP contribution in [-0.2, 0) is 11.8 Å². The molecular formula is C22H22N6O3. The van der Waals surface area contributed by atoms with Crippen LogP contribution in [0.5, 0.6) is 5.75 Å². The molecule has 9 heteroatoms. The van der Waals surface area contributed by atoms with Crippen molar-refractivity contribution in [2.24, 2.45) is 7.05 Å². The van der Waals surface area contributed by atoms with Crippen molar-refractivity contribution in [3.05, 3.63) is 66.2 Å². The molecule has 0 saturated carbocycles. The zero-order chi connectivity index (χ0) is 21.4. The Hall–Kier alpha value is -3.72. The van der Waals surface area contributed by atoms with Crippen molar-refractivity contribution in [1.82, 2.24) is 29.5 Å². The number of morpholine rings is 1. The second-order valence-corrected chi connectivity index (χ2v) is 7.40. The zero-order valence-corrected chi connectivity index (χ0v) is 17.3. The Morgan fingerprint density at radius 2 is 1.94 bits per heavy atom. The van der Waals surface area contributed by atoms with Crippen molar-refractivity contribution in [2.45, 2.75) is 6.10 Å². The molecule has 1 amide bonds. The molecule has 158 valence electrons. The predicted molar refractivity (Wildman–Crippen MR) is 113 cm³/mol. The van der Waals surface area contributed by atoms with Gasteiger partial charge in [-0.1, -0.05) is 23.4 Å². The van der Waals surface area contributed by atoms with Gasteiger partial charge >= 0.3 is 0 Å². The number of nitrogens with zero attached hydrogens (tertiary/aromatic N) is 6. The number of ether oxygens (including phenoxy) is 2. The summed E-state index contributed by atoms with van der Waals surface area (Å²) in [6, 6.07) is 13.6. The van der Waals surface area contributed by atoms with Crippen molar-refractivity contribution in [3.8, 4) is 16.9 Å². The summed E-state index contributed by atoms with van der Waals surface area (Å²) in [5.74, 6) is 0.749. The molecule has 0 unspecified atom stereocenters. The van der Waals surface area contributed by atoms with Gasteiger partial charge in [-0.25, -0.2) is 4.52 Å². The van der Waals surface area contributed by atoms with E-state index in [1.807, 2.05) is 42.6 Å². The topological polar surface area (TPSA) is 86.8 Å². The molecule has 0 radical (unpaired) electrons. The number of aromatic nitrogens is 5. The lowest BCUT2D eigenvalue weighted by Crippen LogP contribution is -2.43. The molecule has 3 aromatic heterocycles. The molecule has 0 bridgehead atoms. The van der Waals surface area contributed by atoms with E-state index in [1.165, 1.54) is 0 Å². The molecule has 31 heavy (non-hydrogen) atoms. The highest BCUT2D eigenvalue weighted by molar-refractivity contribution is 5.92. The van der Waals surface area contributed by atoms with E-state index in [0.29, 0.717) is 25.4 Å². The number of methoxy groups -OCH3 is 1. The number of fused-ring (bicyclic) bond motifs is 1. The summed E-state index contributed by atoms with van der Waals surface area (Å²) < 4.78 is 14.5. The van der Waals surface area contributed by atoms with E-state index in [1.54, 1.807) is 40.5 Å². The lowest BCUT2D eigenvalue weighted by molar-refractivity contribution is -0.0244. The standard InChI is InChI=1S/C22H22N6O3/c1-26-19(9-10-23-26)22(29)27-11-12-31-20(14-27)21-18-8-5-16(13-28(18)25-24-21)15-3-6-17(30-2)7-4-15/h3-10,13,20H,11-12,14H2,1-2H3/t20-/m0/s1. The zero-order valence-electron chi connectivity index (χ0n) is 17.3. The number of amides is 1. The maximum absolute atomic E-state index is 12.9. The molecule has 9 nitrogen and oxygen atoms in total. The Labute approximate surface area is 178 Å². The maximum Gasteiger partial charge on any atom is 0.272 e. The number of carbonyl (C=O) groups is 1. The fraction of sp³-hybridized carbons (Fsp3) is 0.273. The maximum atomic E-state index is 12.9. The van der Waals surface area contributed by atoms with E-state index in [-0.39, 0.29) is 12.0 Å². The molecule has 0 aliphatic carbocycles. The van der Waals surface area contributed by atoms with Crippen LogP contribution in [0.2, 0.25) is 0 Å². The van der Waals surface area contributed by atoms with Gasteiger partial charge in [0.15, 0.2) is 0 Å². The van der Waals surface area contributed by atoms with E-state index < -0.39 is 0 Å². The molecule has 0 spiro atoms. The third kappa shape index (κ3) is 3.53. The predicted octanol–water partition coefficient (Wildman–Crippen LogP) is 2.35. The van der Waals surface area contributed by atoms with Crippen LogP contribution in [0.1, 0.15) is 22.3 Å². The number of pyridine rings is 1. The monoisotopic (exact) mass is 418 g/mol. The van der Waals surface area contributed by atoms with Gasteiger partial charge in [0, 0.05) is 31.5 Å². The summed E-state index contributed by atoms with van der Waals surface area (Å²) in [5.41, 5.74) is 4.21. The van der Waals surface area contributed by atoms with Gasteiger partial charge < -0.3 is 14.4 Å². The number of carbonyl (C=O) groups excluding carboxylic acids is 1. The van der Waals surface area contributed by atoms with Crippen molar-refractivity contribution in [1.29, 1.82) is 0 Å². The Kier molecular flexibility index (Phi) is 4.87. The van der Waals surface area contributed by atoms with Crippen molar-refractivity contribution < 1.29 is 14.3 Å². The first-order chi connectivity index (χ1) is 15.1. The van der Waals surface area contributed by atoms with Gasteiger partial charge in [-0.3, -0.25) is 9.48 Å². The third-order valence-electron chi connectivity index (χ3n) is 5.56. The highest BCUT2D eigenvalue weighted by Gasteiger charge is 2.30. The highest BCUT2D eigenvalue weighted by Crippen LogP contribution is 2.28. The van der Waals surface area contributed by atoms with Crippen LogP contribution in [-0.4, -0.2) is 62.2 Å². The fourth-order valence-electron chi connectivity index (χ4n) is 3.84. The molecule has 4 heterocycles. The number of hydrogen-bond acceptors (Lipinski definition) is 6. The minimum Gasteiger partial charge on any atom is -0.497 e. The molecular weight excluding hydrogens is 396 g/mol. The quantitative estimate of drug-likeness (QED) is 0.506. The van der Waals surface area contributed by atoms with E-state index >= 15 is 0 Å². The second kappa shape index (κ2) is 7.84. The average Bonchev–Trinajstić information content (AvgIpc) is 3.44. The summed E-state index contributed by atoms with van der Waals surface area (Å²) in [4.78, 5) is 14.6. The van der Waals surface area contributed by atoms with Crippen LogP contribution in [0.3, 0.4) is 0 Å². The third-order valence-corrected chi connectivity index (χ3v) is 5.56. The number of benzene rings is 1. The number of aryl methyl sites for hydroxylation is 1. The van der Waals surface area contributed by atoms with E-state index in [9.17, 15) is 4.79 Å². The van der Waals surface area contributed by atoms with Crippen molar-refractivity contribution in [3.63, 3.8) is 0 Å². The minimum absolute atomic E-state index is 0.0634. The molecule has 4 aromatic rings. The molecule has 1 fully saturated rings. The summed E-state index contributed by atoms with van der Waals surface area (Å²) >= 11 is 0. The van der Waals surface area contributed by atoms with Gasteiger partial charge in [0.1, 0.15) is 23.2 Å². The van der Waals surface area contributed by atoms with Crippen LogP contribution in [0.25, 0.3) is 16.6 Å². The number of hydrogen-bond donors (Lipinski definition) is 0. The first kappa shape index (κ1) is 19.3. The van der Waals surface area contributed by atoms with Gasteiger partial charge in [0.25, 0.3) is 5.91 Å². The van der Waals surface area contributed by atoms with E-state index in [0.717, 1.165) is 28.1 Å². The van der Waals surface area contributed by atoms with Crippen LogP contribution in [0.15, 0.2) is 54.9 Å². The SMILES string of the molecule is COc1ccc(-c2ccc3c([C@@H]4CN(C(=O)c5ccnn5C)CCO4)nnn3c2)cc1. The Bertz CT molecular complexity index is 1230. The first-order valence-electron chi connectivity index (χ1n) is 10.0. The van der Waals surface area contributed by atoms with Gasteiger partial charge in [-0.15, -0.1) is 5.10 Å². The highest BCUT2D eigenvalue weighted by atomic mass is 16.5. The van der Waals surface area contributed by atoms with E-state index in [4.69, 9.17) is 9.47 Å². The largest absolute Gasteiger partial charge is 0.497 e. The Balaban J connectivity index is 1.39. The van der Waals surface area contributed by atoms with E-state index in [2.05, 4.69) is 15.4 Å². The normalized spacial score (nSPS) is 16.6.